The smallest absolute Gasteiger partial charge is 0.315 e. The van der Waals surface area contributed by atoms with Gasteiger partial charge in [-0.25, -0.2) is 14.2 Å². The summed E-state index contributed by atoms with van der Waals surface area (Å²) in [5.41, 5.74) is 0.830. The minimum atomic E-state index is -0.474. The van der Waals surface area contributed by atoms with E-state index in [0.29, 0.717) is 11.6 Å². The second-order valence-corrected chi connectivity index (χ2v) is 6.29. The third-order valence-corrected chi connectivity index (χ3v) is 4.30. The van der Waals surface area contributed by atoms with Crippen LogP contribution in [-0.4, -0.2) is 35.8 Å². The van der Waals surface area contributed by atoms with Crippen LogP contribution in [0, 0.1) is 5.82 Å². The molecular formula is C21H23FN4O3. The van der Waals surface area contributed by atoms with Crippen LogP contribution in [-0.2, 0) is 7.05 Å². The van der Waals surface area contributed by atoms with E-state index in [0.717, 1.165) is 5.56 Å². The molecule has 1 heterocycles. The zero-order valence-electron chi connectivity index (χ0n) is 16.3. The van der Waals surface area contributed by atoms with Gasteiger partial charge >= 0.3 is 6.03 Å². The van der Waals surface area contributed by atoms with Gasteiger partial charge in [-0.2, -0.15) is 0 Å². The highest BCUT2D eigenvalue weighted by atomic mass is 19.1. The van der Waals surface area contributed by atoms with Crippen LogP contribution in [0.5, 0.6) is 11.5 Å². The first-order chi connectivity index (χ1) is 14.1. The van der Waals surface area contributed by atoms with E-state index in [1.54, 1.807) is 25.4 Å². The van der Waals surface area contributed by atoms with Crippen LogP contribution in [0.1, 0.15) is 17.4 Å². The molecule has 0 unspecified atom stereocenters. The lowest BCUT2D eigenvalue weighted by Crippen LogP contribution is -2.40. The van der Waals surface area contributed by atoms with E-state index in [9.17, 15) is 9.18 Å². The Morgan fingerprint density at radius 2 is 2.07 bits per heavy atom. The molecule has 0 aliphatic carbocycles. The zero-order valence-corrected chi connectivity index (χ0v) is 16.3. The summed E-state index contributed by atoms with van der Waals surface area (Å²) >= 11 is 0. The van der Waals surface area contributed by atoms with Crippen LogP contribution in [0.25, 0.3) is 0 Å². The topological polar surface area (TPSA) is 77.4 Å². The van der Waals surface area contributed by atoms with Crippen molar-refractivity contribution in [2.24, 2.45) is 7.05 Å². The van der Waals surface area contributed by atoms with Gasteiger partial charge in [-0.15, -0.1) is 0 Å². The number of para-hydroxylation sites is 1. The van der Waals surface area contributed by atoms with Gasteiger partial charge < -0.3 is 24.7 Å². The van der Waals surface area contributed by atoms with Gasteiger partial charge in [0, 0.05) is 19.4 Å². The van der Waals surface area contributed by atoms with Crippen molar-refractivity contribution in [1.82, 2.24) is 20.2 Å². The highest BCUT2D eigenvalue weighted by molar-refractivity contribution is 5.74. The van der Waals surface area contributed by atoms with Gasteiger partial charge in [-0.3, -0.25) is 0 Å². The Labute approximate surface area is 168 Å². The fourth-order valence-electron chi connectivity index (χ4n) is 2.84. The first-order valence-electron chi connectivity index (χ1n) is 9.11. The molecule has 2 amide bonds. The first kappa shape index (κ1) is 20.2. The number of hydrogen-bond acceptors (Lipinski definition) is 4. The number of benzene rings is 2. The number of carbonyl (C=O) groups excluding carboxylic acids is 1. The Morgan fingerprint density at radius 1 is 1.24 bits per heavy atom. The molecule has 8 heteroatoms. The van der Waals surface area contributed by atoms with Crippen molar-refractivity contribution in [2.45, 2.75) is 6.04 Å². The lowest BCUT2D eigenvalue weighted by Gasteiger charge is -2.20. The van der Waals surface area contributed by atoms with Crippen molar-refractivity contribution >= 4 is 6.03 Å². The molecule has 0 spiro atoms. The molecule has 0 aliphatic heterocycles. The normalized spacial score (nSPS) is 11.6. The Balaban J connectivity index is 1.62. The second kappa shape index (κ2) is 9.59. The highest BCUT2D eigenvalue weighted by Crippen LogP contribution is 2.24. The molecule has 152 valence electrons. The molecule has 0 radical (unpaired) electrons. The molecule has 29 heavy (non-hydrogen) atoms. The van der Waals surface area contributed by atoms with Crippen molar-refractivity contribution in [1.29, 1.82) is 0 Å². The SMILES string of the molecule is COc1cccc([C@@H](NC(=O)NCCOc2ccccc2F)c2nccn2C)c1. The molecule has 0 bridgehead atoms. The number of amides is 2. The highest BCUT2D eigenvalue weighted by Gasteiger charge is 2.21. The first-order valence-corrected chi connectivity index (χ1v) is 9.11. The summed E-state index contributed by atoms with van der Waals surface area (Å²) in [7, 11) is 3.45. The number of imidazole rings is 1. The van der Waals surface area contributed by atoms with Gasteiger partial charge in [-0.1, -0.05) is 24.3 Å². The third kappa shape index (κ3) is 5.25. The van der Waals surface area contributed by atoms with Crippen molar-refractivity contribution < 1.29 is 18.7 Å². The Morgan fingerprint density at radius 3 is 2.79 bits per heavy atom. The molecule has 3 aromatic rings. The number of hydrogen-bond donors (Lipinski definition) is 2. The summed E-state index contributed by atoms with van der Waals surface area (Å²) in [6.45, 7) is 0.353. The predicted octanol–water partition coefficient (Wildman–Crippen LogP) is 3.04. The van der Waals surface area contributed by atoms with E-state index >= 15 is 0 Å². The number of ether oxygens (including phenoxy) is 2. The molecular weight excluding hydrogens is 375 g/mol. The Bertz CT molecular complexity index is 960. The van der Waals surface area contributed by atoms with Crippen molar-refractivity contribution in [3.8, 4) is 11.5 Å². The maximum absolute atomic E-state index is 13.5. The number of urea groups is 1. The summed E-state index contributed by atoms with van der Waals surface area (Å²) in [4.78, 5) is 16.8. The lowest BCUT2D eigenvalue weighted by molar-refractivity contribution is 0.233. The predicted molar refractivity (Wildman–Crippen MR) is 106 cm³/mol. The zero-order chi connectivity index (χ0) is 20.6. The minimum Gasteiger partial charge on any atom is -0.497 e. The van der Waals surface area contributed by atoms with E-state index in [-0.39, 0.29) is 18.9 Å². The van der Waals surface area contributed by atoms with Crippen LogP contribution >= 0.6 is 0 Å². The van der Waals surface area contributed by atoms with Crippen LogP contribution in [0.3, 0.4) is 0 Å². The Kier molecular flexibility index (Phi) is 6.67. The number of halogens is 1. The average molecular weight is 398 g/mol. The summed E-state index contributed by atoms with van der Waals surface area (Å²) < 4.78 is 26.0. The summed E-state index contributed by atoms with van der Waals surface area (Å²) in [5, 5.41) is 5.64. The molecule has 7 nitrogen and oxygen atoms in total. The average Bonchev–Trinajstić information content (AvgIpc) is 3.16. The van der Waals surface area contributed by atoms with E-state index < -0.39 is 17.9 Å². The van der Waals surface area contributed by atoms with Gasteiger partial charge in [0.05, 0.1) is 13.7 Å². The minimum absolute atomic E-state index is 0.139. The number of rotatable bonds is 8. The van der Waals surface area contributed by atoms with Crippen LogP contribution in [0.2, 0.25) is 0 Å². The molecule has 2 aromatic carbocycles. The number of aryl methyl sites for hydroxylation is 1. The van der Waals surface area contributed by atoms with Crippen molar-refractivity contribution in [2.75, 3.05) is 20.3 Å². The number of carbonyl (C=O) groups is 1. The third-order valence-electron chi connectivity index (χ3n) is 4.30. The quantitative estimate of drug-likeness (QED) is 0.572. The molecule has 3 rings (SSSR count). The largest absolute Gasteiger partial charge is 0.497 e. The van der Waals surface area contributed by atoms with E-state index in [4.69, 9.17) is 9.47 Å². The summed E-state index contributed by atoms with van der Waals surface area (Å²) in [6.07, 6.45) is 3.48. The monoisotopic (exact) mass is 398 g/mol. The van der Waals surface area contributed by atoms with Crippen molar-refractivity contribution in [3.63, 3.8) is 0 Å². The van der Waals surface area contributed by atoms with Crippen molar-refractivity contribution in [3.05, 3.63) is 78.1 Å². The maximum Gasteiger partial charge on any atom is 0.315 e. The standard InChI is InChI=1S/C21H23FN4O3/c1-26-12-10-23-20(26)19(15-6-5-7-16(14-15)28-2)25-21(27)24-11-13-29-18-9-4-3-8-17(18)22/h3-10,12,14,19H,11,13H2,1-2H3,(H2,24,25,27)/t19-/m1/s1. The van der Waals surface area contributed by atoms with Crippen LogP contribution in [0.15, 0.2) is 60.9 Å². The number of aromatic nitrogens is 2. The molecule has 1 aromatic heterocycles. The maximum atomic E-state index is 13.5. The second-order valence-electron chi connectivity index (χ2n) is 6.29. The number of methoxy groups -OCH3 is 1. The van der Waals surface area contributed by atoms with Gasteiger partial charge in [0.25, 0.3) is 0 Å². The van der Waals surface area contributed by atoms with E-state index in [1.165, 1.54) is 12.1 Å². The molecule has 0 fully saturated rings. The molecule has 2 N–H and O–H groups in total. The van der Waals surface area contributed by atoms with Gasteiger partial charge in [0.1, 0.15) is 24.2 Å². The number of nitrogens with one attached hydrogen (secondary N) is 2. The lowest BCUT2D eigenvalue weighted by atomic mass is 10.1. The molecule has 0 saturated carbocycles. The van der Waals surface area contributed by atoms with Crippen LogP contribution < -0.4 is 20.1 Å². The molecule has 0 aliphatic rings. The van der Waals surface area contributed by atoms with Gasteiger partial charge in [0.15, 0.2) is 11.6 Å². The molecule has 0 saturated heterocycles. The van der Waals surface area contributed by atoms with E-state index in [2.05, 4.69) is 15.6 Å². The molecule has 1 atom stereocenters. The van der Waals surface area contributed by atoms with Gasteiger partial charge in [-0.05, 0) is 29.8 Å². The summed E-state index contributed by atoms with van der Waals surface area (Å²) in [6, 6.07) is 12.7. The fourth-order valence-corrected chi connectivity index (χ4v) is 2.84. The number of nitrogens with zero attached hydrogens (tertiary/aromatic N) is 2. The fraction of sp³-hybridized carbons (Fsp3) is 0.238. The Hall–Kier alpha value is -3.55. The van der Waals surface area contributed by atoms with E-state index in [1.807, 2.05) is 42.1 Å². The van der Waals surface area contributed by atoms with Gasteiger partial charge in [0.2, 0.25) is 0 Å². The van der Waals surface area contributed by atoms with Crippen LogP contribution in [0.4, 0.5) is 9.18 Å². The summed E-state index contributed by atoms with van der Waals surface area (Å²) in [5.74, 6) is 1.07.